The first-order valence-corrected chi connectivity index (χ1v) is 12.7. The van der Waals surface area contributed by atoms with Crippen LogP contribution in [0.1, 0.15) is 38.8 Å². The predicted molar refractivity (Wildman–Crippen MR) is 145 cm³/mol. The van der Waals surface area contributed by atoms with Gasteiger partial charge in [-0.25, -0.2) is 4.99 Å². The van der Waals surface area contributed by atoms with Gasteiger partial charge in [-0.1, -0.05) is 44.2 Å². The zero-order valence-corrected chi connectivity index (χ0v) is 22.0. The SMILES string of the molecule is CCN(CC(C)COc1cccc(N2C(=O)C(=Nc3cccc(C(F)(F)F)c3)c3ccccc32)c1)C(C)C. The van der Waals surface area contributed by atoms with Crippen molar-refractivity contribution in [3.63, 3.8) is 0 Å². The third kappa shape index (κ3) is 6.07. The maximum Gasteiger partial charge on any atom is 0.416 e. The lowest BCUT2D eigenvalue weighted by molar-refractivity contribution is -0.137. The minimum absolute atomic E-state index is 0.0634. The third-order valence-electron chi connectivity index (χ3n) is 6.51. The number of hydrogen-bond donors (Lipinski definition) is 0. The van der Waals surface area contributed by atoms with Crippen LogP contribution in [0.5, 0.6) is 5.75 Å². The molecule has 3 aromatic carbocycles. The van der Waals surface area contributed by atoms with Gasteiger partial charge in [-0.2, -0.15) is 13.2 Å². The molecule has 1 amide bonds. The molecule has 0 saturated heterocycles. The number of benzene rings is 3. The van der Waals surface area contributed by atoms with Crippen LogP contribution in [0.3, 0.4) is 0 Å². The Labute approximate surface area is 221 Å². The molecule has 1 aliphatic heterocycles. The summed E-state index contributed by atoms with van der Waals surface area (Å²) in [7, 11) is 0. The highest BCUT2D eigenvalue weighted by atomic mass is 19.4. The van der Waals surface area contributed by atoms with Crippen LogP contribution in [-0.2, 0) is 11.0 Å². The van der Waals surface area contributed by atoms with Crippen LogP contribution >= 0.6 is 0 Å². The molecular weight excluding hydrogens is 491 g/mol. The van der Waals surface area contributed by atoms with Gasteiger partial charge in [0.05, 0.1) is 29.2 Å². The Kier molecular flexibility index (Phi) is 8.21. The fraction of sp³-hybridized carbons (Fsp3) is 0.333. The molecule has 0 fully saturated rings. The second-order valence-corrected chi connectivity index (χ2v) is 9.76. The molecule has 38 heavy (non-hydrogen) atoms. The number of aliphatic imine (C=N–C) groups is 1. The fourth-order valence-electron chi connectivity index (χ4n) is 4.55. The minimum atomic E-state index is -4.50. The van der Waals surface area contributed by atoms with Gasteiger partial charge in [0, 0.05) is 30.1 Å². The summed E-state index contributed by atoms with van der Waals surface area (Å²) in [5.74, 6) is 0.529. The molecule has 1 aliphatic rings. The molecule has 200 valence electrons. The molecular formula is C30H32F3N3O2. The van der Waals surface area contributed by atoms with E-state index in [2.05, 4.69) is 37.6 Å². The van der Waals surface area contributed by atoms with Gasteiger partial charge in [0.15, 0.2) is 0 Å². The van der Waals surface area contributed by atoms with Gasteiger partial charge >= 0.3 is 6.18 Å². The summed E-state index contributed by atoms with van der Waals surface area (Å²) >= 11 is 0. The Hall–Kier alpha value is -3.65. The van der Waals surface area contributed by atoms with Crippen LogP contribution in [0.2, 0.25) is 0 Å². The minimum Gasteiger partial charge on any atom is -0.493 e. The van der Waals surface area contributed by atoms with Crippen LogP contribution in [-0.4, -0.2) is 42.3 Å². The summed E-state index contributed by atoms with van der Waals surface area (Å²) in [6.07, 6.45) is -4.50. The number of para-hydroxylation sites is 1. The quantitative estimate of drug-likeness (QED) is 0.297. The molecule has 0 aromatic heterocycles. The zero-order valence-electron chi connectivity index (χ0n) is 22.0. The molecule has 0 bridgehead atoms. The highest BCUT2D eigenvalue weighted by Gasteiger charge is 2.35. The Balaban J connectivity index is 1.59. The van der Waals surface area contributed by atoms with E-state index in [4.69, 9.17) is 4.74 Å². The van der Waals surface area contributed by atoms with Gasteiger partial charge in [-0.05, 0) is 56.8 Å². The molecule has 4 rings (SSSR count). The van der Waals surface area contributed by atoms with Gasteiger partial charge in [0.1, 0.15) is 11.5 Å². The zero-order chi connectivity index (χ0) is 27.4. The van der Waals surface area contributed by atoms with Gasteiger partial charge in [-0.15, -0.1) is 0 Å². The number of alkyl halides is 3. The third-order valence-corrected chi connectivity index (χ3v) is 6.51. The highest BCUT2D eigenvalue weighted by molar-refractivity contribution is 6.56. The van der Waals surface area contributed by atoms with Crippen LogP contribution in [0.15, 0.2) is 77.8 Å². The van der Waals surface area contributed by atoms with Gasteiger partial charge in [-0.3, -0.25) is 9.69 Å². The molecule has 0 N–H and O–H groups in total. The maximum atomic E-state index is 13.6. The molecule has 0 spiro atoms. The summed E-state index contributed by atoms with van der Waals surface area (Å²) in [5, 5.41) is 0. The standard InChI is InChI=1S/C30H32F3N3O2/c1-5-35(20(2)3)18-21(4)19-38-25-13-9-12-24(17-25)36-27-15-7-6-14-26(27)28(29(36)37)34-23-11-8-10-22(16-23)30(31,32)33/h6-17,20-21H,5,18-19H2,1-4H3. The number of nitrogens with zero attached hydrogens (tertiary/aromatic N) is 3. The van der Waals surface area contributed by atoms with E-state index in [1.807, 2.05) is 18.2 Å². The van der Waals surface area contributed by atoms with Crippen molar-refractivity contribution in [1.29, 1.82) is 0 Å². The van der Waals surface area contributed by atoms with E-state index in [-0.39, 0.29) is 11.4 Å². The number of amides is 1. The van der Waals surface area contributed by atoms with Crippen LogP contribution in [0.4, 0.5) is 30.2 Å². The van der Waals surface area contributed by atoms with E-state index in [0.29, 0.717) is 41.3 Å². The number of carbonyl (C=O) groups is 1. The molecule has 3 aromatic rings. The first-order chi connectivity index (χ1) is 18.1. The summed E-state index contributed by atoms with van der Waals surface area (Å²) in [4.78, 5) is 21.8. The van der Waals surface area contributed by atoms with Crippen LogP contribution < -0.4 is 9.64 Å². The van der Waals surface area contributed by atoms with Crippen molar-refractivity contribution in [1.82, 2.24) is 4.90 Å². The number of hydrogen-bond acceptors (Lipinski definition) is 4. The first kappa shape index (κ1) is 27.4. The van der Waals surface area contributed by atoms with E-state index in [1.165, 1.54) is 17.0 Å². The smallest absolute Gasteiger partial charge is 0.416 e. The Morgan fingerprint density at radius 1 is 0.974 bits per heavy atom. The summed E-state index contributed by atoms with van der Waals surface area (Å²) < 4.78 is 45.7. The molecule has 0 radical (unpaired) electrons. The van der Waals surface area contributed by atoms with E-state index in [0.717, 1.165) is 25.2 Å². The lowest BCUT2D eigenvalue weighted by Crippen LogP contribution is -2.36. The number of ether oxygens (including phenoxy) is 1. The Morgan fingerprint density at radius 2 is 1.71 bits per heavy atom. The highest BCUT2D eigenvalue weighted by Crippen LogP contribution is 2.38. The van der Waals surface area contributed by atoms with E-state index < -0.39 is 17.6 Å². The van der Waals surface area contributed by atoms with E-state index >= 15 is 0 Å². The topological polar surface area (TPSA) is 45.1 Å². The lowest BCUT2D eigenvalue weighted by Gasteiger charge is -2.28. The Bertz CT molecular complexity index is 1320. The second kappa shape index (κ2) is 11.4. The number of rotatable bonds is 9. The monoisotopic (exact) mass is 523 g/mol. The fourth-order valence-corrected chi connectivity index (χ4v) is 4.55. The lowest BCUT2D eigenvalue weighted by atomic mass is 10.1. The predicted octanol–water partition coefficient (Wildman–Crippen LogP) is 7.25. The van der Waals surface area contributed by atoms with Crippen molar-refractivity contribution in [3.05, 3.63) is 83.9 Å². The molecule has 0 aliphatic carbocycles. The molecule has 1 atom stereocenters. The largest absolute Gasteiger partial charge is 0.493 e. The number of halogens is 3. The molecule has 1 unspecified atom stereocenters. The molecule has 0 saturated carbocycles. The van der Waals surface area contributed by atoms with Gasteiger partial charge in [0.25, 0.3) is 5.91 Å². The van der Waals surface area contributed by atoms with Crippen molar-refractivity contribution in [2.45, 2.75) is 39.9 Å². The van der Waals surface area contributed by atoms with Crippen molar-refractivity contribution in [2.24, 2.45) is 10.9 Å². The van der Waals surface area contributed by atoms with E-state index in [1.54, 1.807) is 30.3 Å². The number of anilines is 2. The second-order valence-electron chi connectivity index (χ2n) is 9.76. The van der Waals surface area contributed by atoms with E-state index in [9.17, 15) is 18.0 Å². The summed E-state index contributed by atoms with van der Waals surface area (Å²) in [5.41, 5.74) is 1.11. The first-order valence-electron chi connectivity index (χ1n) is 12.7. The van der Waals surface area contributed by atoms with Gasteiger partial charge in [0.2, 0.25) is 0 Å². The maximum absolute atomic E-state index is 13.6. The summed E-state index contributed by atoms with van der Waals surface area (Å²) in [6.45, 7) is 11.1. The van der Waals surface area contributed by atoms with Crippen molar-refractivity contribution >= 4 is 28.7 Å². The number of fused-ring (bicyclic) bond motifs is 1. The number of carbonyl (C=O) groups excluding carboxylic acids is 1. The average molecular weight is 524 g/mol. The Morgan fingerprint density at radius 3 is 2.42 bits per heavy atom. The molecule has 8 heteroatoms. The average Bonchev–Trinajstić information content (AvgIpc) is 3.16. The van der Waals surface area contributed by atoms with Crippen molar-refractivity contribution < 1.29 is 22.7 Å². The van der Waals surface area contributed by atoms with Crippen LogP contribution in [0, 0.1) is 5.92 Å². The molecule has 1 heterocycles. The van der Waals surface area contributed by atoms with Crippen molar-refractivity contribution in [3.8, 4) is 5.75 Å². The summed E-state index contributed by atoms with van der Waals surface area (Å²) in [6, 6.07) is 19.5. The molecule has 5 nitrogen and oxygen atoms in total. The normalized spacial score (nSPS) is 15.4. The van der Waals surface area contributed by atoms with Crippen LogP contribution in [0.25, 0.3) is 0 Å². The van der Waals surface area contributed by atoms with Gasteiger partial charge < -0.3 is 9.64 Å². The van der Waals surface area contributed by atoms with Crippen molar-refractivity contribution in [2.75, 3.05) is 24.6 Å².